The largest absolute Gasteiger partial charge is 0.497 e. The average molecular weight is 549 g/mol. The van der Waals surface area contributed by atoms with E-state index in [9.17, 15) is 8.42 Å². The Hall–Kier alpha value is -3.63. The third-order valence-corrected chi connectivity index (χ3v) is 8.96. The third-order valence-electron chi connectivity index (χ3n) is 7.54. The van der Waals surface area contributed by atoms with E-state index in [2.05, 4.69) is 39.3 Å². The quantitative estimate of drug-likeness (QED) is 0.415. The Balaban J connectivity index is 1.38. The van der Waals surface area contributed by atoms with Crippen molar-refractivity contribution in [2.45, 2.75) is 36.5 Å². The number of nitrogens with zero attached hydrogens (tertiary/aromatic N) is 4. The number of methoxy groups -OCH3 is 1. The molecule has 2 aromatic carbocycles. The van der Waals surface area contributed by atoms with Gasteiger partial charge in [0.2, 0.25) is 5.95 Å². The summed E-state index contributed by atoms with van der Waals surface area (Å²) < 4.78 is 31.1. The van der Waals surface area contributed by atoms with Crippen LogP contribution in [0.3, 0.4) is 0 Å². The number of nitrogens with two attached hydrogens (primary N) is 1. The second kappa shape index (κ2) is 11.6. The first kappa shape index (κ1) is 27.0. The average Bonchev–Trinajstić information content (AvgIpc) is 3.48. The molecule has 0 unspecified atom stereocenters. The van der Waals surface area contributed by atoms with E-state index in [1.54, 1.807) is 19.2 Å². The number of ether oxygens (including phenoxy) is 1. The molecule has 1 saturated carbocycles. The first-order valence-electron chi connectivity index (χ1n) is 13.4. The second-order valence-electron chi connectivity index (χ2n) is 10.2. The maximum atomic E-state index is 13.0. The van der Waals surface area contributed by atoms with Gasteiger partial charge in [-0.1, -0.05) is 12.8 Å². The molecular weight excluding hydrogens is 512 g/mol. The number of likely N-dealkylation sites (N-methyl/N-ethyl adjacent to an activating group) is 1. The molecule has 0 atom stereocenters. The highest BCUT2D eigenvalue weighted by Gasteiger charge is 2.24. The Morgan fingerprint density at radius 3 is 2.28 bits per heavy atom. The lowest BCUT2D eigenvalue weighted by molar-refractivity contribution is 0.313. The van der Waals surface area contributed by atoms with Crippen LogP contribution in [0.5, 0.6) is 5.75 Å². The van der Waals surface area contributed by atoms with Gasteiger partial charge in [-0.15, -0.1) is 0 Å². The molecule has 2 aliphatic rings. The summed E-state index contributed by atoms with van der Waals surface area (Å²) in [6.07, 6.45) is 5.73. The molecule has 0 spiro atoms. The molecule has 1 aromatic heterocycles. The molecule has 0 amide bonds. The zero-order valence-corrected chi connectivity index (χ0v) is 23.3. The summed E-state index contributed by atoms with van der Waals surface area (Å²) >= 11 is 0. The Morgan fingerprint density at radius 2 is 1.64 bits per heavy atom. The molecule has 5 rings (SSSR count). The SMILES string of the molecule is COc1ccc(S(=O)(=O)C=Cc2c(N)nc(Nc3ccc(N4CCN(C)CC4)cc3)nc2C2CCCC2)cc1. The van der Waals surface area contributed by atoms with Crippen molar-refractivity contribution in [3.63, 3.8) is 0 Å². The van der Waals surface area contributed by atoms with Crippen molar-refractivity contribution in [1.29, 1.82) is 0 Å². The number of hydrogen-bond donors (Lipinski definition) is 2. The van der Waals surface area contributed by atoms with Gasteiger partial charge in [-0.3, -0.25) is 0 Å². The van der Waals surface area contributed by atoms with Gasteiger partial charge < -0.3 is 25.6 Å². The number of anilines is 4. The van der Waals surface area contributed by atoms with Crippen molar-refractivity contribution in [3.8, 4) is 5.75 Å². The monoisotopic (exact) mass is 548 g/mol. The van der Waals surface area contributed by atoms with Gasteiger partial charge >= 0.3 is 0 Å². The fourth-order valence-corrected chi connectivity index (χ4v) is 6.18. The highest BCUT2D eigenvalue weighted by atomic mass is 32.2. The van der Waals surface area contributed by atoms with Crippen molar-refractivity contribution in [3.05, 3.63) is 65.2 Å². The molecule has 3 N–H and O–H groups in total. The minimum atomic E-state index is -3.69. The summed E-state index contributed by atoms with van der Waals surface area (Å²) in [6, 6.07) is 14.6. The lowest BCUT2D eigenvalue weighted by Crippen LogP contribution is -2.44. The maximum Gasteiger partial charge on any atom is 0.229 e. The van der Waals surface area contributed by atoms with E-state index in [4.69, 9.17) is 15.5 Å². The van der Waals surface area contributed by atoms with Crippen LogP contribution in [0.25, 0.3) is 6.08 Å². The van der Waals surface area contributed by atoms with Crippen LogP contribution < -0.4 is 20.7 Å². The summed E-state index contributed by atoms with van der Waals surface area (Å²) in [6.45, 7) is 4.13. The van der Waals surface area contributed by atoms with E-state index in [0.717, 1.165) is 63.2 Å². The summed E-state index contributed by atoms with van der Waals surface area (Å²) in [4.78, 5) is 14.2. The Labute approximate surface area is 230 Å². The van der Waals surface area contributed by atoms with Crippen molar-refractivity contribution in [2.75, 3.05) is 56.3 Å². The molecule has 39 heavy (non-hydrogen) atoms. The van der Waals surface area contributed by atoms with Gasteiger partial charge in [0.25, 0.3) is 0 Å². The van der Waals surface area contributed by atoms with Crippen molar-refractivity contribution in [1.82, 2.24) is 14.9 Å². The van der Waals surface area contributed by atoms with Gasteiger partial charge in [-0.05, 0) is 74.5 Å². The predicted octanol–water partition coefficient (Wildman–Crippen LogP) is 4.67. The van der Waals surface area contributed by atoms with Crippen LogP contribution in [-0.4, -0.2) is 63.6 Å². The molecule has 0 radical (unpaired) electrons. The van der Waals surface area contributed by atoms with E-state index < -0.39 is 9.84 Å². The lowest BCUT2D eigenvalue weighted by Gasteiger charge is -2.34. The van der Waals surface area contributed by atoms with E-state index in [0.29, 0.717) is 17.3 Å². The van der Waals surface area contributed by atoms with E-state index in [-0.39, 0.29) is 16.6 Å². The van der Waals surface area contributed by atoms with Crippen LogP contribution >= 0.6 is 0 Å². The molecule has 1 saturated heterocycles. The third kappa shape index (κ3) is 6.34. The topological polar surface area (TPSA) is 114 Å². The molecule has 0 bridgehead atoms. The smallest absolute Gasteiger partial charge is 0.229 e. The molecule has 1 aliphatic carbocycles. The molecule has 9 nitrogen and oxygen atoms in total. The fraction of sp³-hybridized carbons (Fsp3) is 0.379. The van der Waals surface area contributed by atoms with Crippen LogP contribution in [0.2, 0.25) is 0 Å². The van der Waals surface area contributed by atoms with Crippen LogP contribution in [0.1, 0.15) is 42.9 Å². The maximum absolute atomic E-state index is 13.0. The van der Waals surface area contributed by atoms with Crippen molar-refractivity contribution in [2.24, 2.45) is 0 Å². The molecule has 1 aliphatic heterocycles. The number of benzene rings is 2. The molecule has 3 aromatic rings. The number of rotatable bonds is 8. The van der Waals surface area contributed by atoms with Crippen molar-refractivity contribution >= 4 is 39.1 Å². The van der Waals surface area contributed by atoms with Crippen LogP contribution in [0, 0.1) is 0 Å². The summed E-state index contributed by atoms with van der Waals surface area (Å²) in [5.74, 6) is 1.47. The lowest BCUT2D eigenvalue weighted by atomic mass is 9.99. The number of nitrogen functional groups attached to an aromatic ring is 1. The fourth-order valence-electron chi connectivity index (χ4n) is 5.19. The second-order valence-corrected chi connectivity index (χ2v) is 12.0. The normalized spacial score (nSPS) is 17.1. The van der Waals surface area contributed by atoms with Gasteiger partial charge in [-0.2, -0.15) is 4.98 Å². The Kier molecular flexibility index (Phi) is 8.04. The van der Waals surface area contributed by atoms with Crippen LogP contribution in [0.15, 0.2) is 58.8 Å². The number of hydrogen-bond acceptors (Lipinski definition) is 9. The first-order chi connectivity index (χ1) is 18.8. The van der Waals surface area contributed by atoms with Crippen molar-refractivity contribution < 1.29 is 13.2 Å². The zero-order chi connectivity index (χ0) is 27.4. The highest BCUT2D eigenvalue weighted by Crippen LogP contribution is 2.37. The van der Waals surface area contributed by atoms with Gasteiger partial charge in [-0.25, -0.2) is 13.4 Å². The Morgan fingerprint density at radius 1 is 0.974 bits per heavy atom. The van der Waals surface area contributed by atoms with Crippen LogP contribution in [-0.2, 0) is 9.84 Å². The Bertz CT molecular complexity index is 1410. The molecule has 2 heterocycles. The van der Waals surface area contributed by atoms with Gasteiger partial charge in [0.15, 0.2) is 9.84 Å². The van der Waals surface area contributed by atoms with E-state index >= 15 is 0 Å². The molecule has 10 heteroatoms. The number of piperazine rings is 1. The van der Waals surface area contributed by atoms with Gasteiger partial charge in [0.05, 0.1) is 17.7 Å². The minimum Gasteiger partial charge on any atom is -0.497 e. The summed E-state index contributed by atoms with van der Waals surface area (Å²) in [5.41, 5.74) is 9.84. The minimum absolute atomic E-state index is 0.180. The summed E-state index contributed by atoms with van der Waals surface area (Å²) in [7, 11) is 0.00496. The number of aromatic nitrogens is 2. The van der Waals surface area contributed by atoms with E-state index in [1.807, 2.05) is 12.1 Å². The summed E-state index contributed by atoms with van der Waals surface area (Å²) in [5, 5.41) is 4.49. The standard InChI is InChI=1S/C29H36N6O3S/c1-34-16-18-35(19-17-34)23-9-7-22(8-10-23)31-29-32-27(21-5-3-4-6-21)26(28(30)33-29)15-20-39(36,37)25-13-11-24(38-2)12-14-25/h7-15,20-21H,3-6,16-19H2,1-2H3,(H3,30,31,32,33). The van der Waals surface area contributed by atoms with Gasteiger partial charge in [0.1, 0.15) is 11.6 Å². The molecule has 206 valence electrons. The van der Waals surface area contributed by atoms with E-state index in [1.165, 1.54) is 29.3 Å². The molecule has 2 fully saturated rings. The number of nitrogens with one attached hydrogen (secondary N) is 1. The van der Waals surface area contributed by atoms with Crippen LogP contribution in [0.4, 0.5) is 23.1 Å². The first-order valence-corrected chi connectivity index (χ1v) is 14.9. The van der Waals surface area contributed by atoms with Gasteiger partial charge in [0, 0.05) is 54.4 Å². The molecular formula is C29H36N6O3S. The predicted molar refractivity (Wildman–Crippen MR) is 156 cm³/mol. The highest BCUT2D eigenvalue weighted by molar-refractivity contribution is 7.94. The number of sulfone groups is 1. The zero-order valence-electron chi connectivity index (χ0n) is 22.5.